The Morgan fingerprint density at radius 2 is 1.67 bits per heavy atom. The van der Waals surface area contributed by atoms with E-state index in [1.165, 1.54) is 0 Å². The third-order valence-corrected chi connectivity index (χ3v) is 4.20. The molecule has 1 heterocycles. The predicted octanol–water partition coefficient (Wildman–Crippen LogP) is 5.10. The van der Waals surface area contributed by atoms with Gasteiger partial charge in [-0.3, -0.25) is 4.79 Å². The van der Waals surface area contributed by atoms with Crippen molar-refractivity contribution in [3.05, 3.63) is 70.1 Å². The number of hydrogen-bond donors (Lipinski definition) is 2. The van der Waals surface area contributed by atoms with Crippen LogP contribution in [0.5, 0.6) is 5.75 Å². The monoisotopic (exact) mass is 402 g/mol. The molecule has 3 aromatic rings. The van der Waals surface area contributed by atoms with Gasteiger partial charge >= 0.3 is 0 Å². The summed E-state index contributed by atoms with van der Waals surface area (Å²) in [5.41, 5.74) is 1.48. The molecule has 1 amide bonds. The van der Waals surface area contributed by atoms with Crippen molar-refractivity contribution in [3.63, 3.8) is 0 Å². The first-order valence-electron chi connectivity index (χ1n) is 7.98. The number of nitrogens with zero attached hydrogens (tertiary/aromatic N) is 2. The van der Waals surface area contributed by atoms with Gasteiger partial charge in [0.1, 0.15) is 17.3 Å². The zero-order valence-corrected chi connectivity index (χ0v) is 16.1. The fraction of sp³-hybridized carbons (Fsp3) is 0.105. The highest BCUT2D eigenvalue weighted by atomic mass is 35.5. The largest absolute Gasteiger partial charge is 0.497 e. The zero-order chi connectivity index (χ0) is 19.4. The van der Waals surface area contributed by atoms with E-state index in [1.54, 1.807) is 62.6 Å². The minimum Gasteiger partial charge on any atom is -0.497 e. The third kappa shape index (κ3) is 4.67. The molecule has 0 radical (unpaired) electrons. The van der Waals surface area contributed by atoms with Crippen LogP contribution in [0.3, 0.4) is 0 Å². The zero-order valence-electron chi connectivity index (χ0n) is 14.6. The van der Waals surface area contributed by atoms with E-state index in [2.05, 4.69) is 20.6 Å². The number of aryl methyl sites for hydroxylation is 1. The second kappa shape index (κ2) is 8.24. The van der Waals surface area contributed by atoms with Crippen molar-refractivity contribution in [1.29, 1.82) is 0 Å². The SMILES string of the molecule is COc1ccc(C(=O)Nc2c(Cl)nc(C)nc2Nc2ccc(Cl)cc2)cc1. The number of hydrogen-bond acceptors (Lipinski definition) is 5. The summed E-state index contributed by atoms with van der Waals surface area (Å²) in [4.78, 5) is 21.1. The van der Waals surface area contributed by atoms with E-state index < -0.39 is 0 Å². The Morgan fingerprint density at radius 1 is 1.00 bits per heavy atom. The van der Waals surface area contributed by atoms with Gasteiger partial charge in [-0.25, -0.2) is 9.97 Å². The van der Waals surface area contributed by atoms with Gasteiger partial charge < -0.3 is 15.4 Å². The number of nitrogens with one attached hydrogen (secondary N) is 2. The highest BCUT2D eigenvalue weighted by Crippen LogP contribution is 2.30. The van der Waals surface area contributed by atoms with E-state index in [0.29, 0.717) is 28.0 Å². The average molecular weight is 403 g/mol. The second-order valence-electron chi connectivity index (χ2n) is 5.60. The maximum Gasteiger partial charge on any atom is 0.255 e. The molecule has 0 spiro atoms. The Hall–Kier alpha value is -2.83. The molecule has 27 heavy (non-hydrogen) atoms. The molecule has 0 aliphatic heterocycles. The Balaban J connectivity index is 1.89. The summed E-state index contributed by atoms with van der Waals surface area (Å²) < 4.78 is 5.10. The van der Waals surface area contributed by atoms with Gasteiger partial charge in [0.25, 0.3) is 5.91 Å². The first-order chi connectivity index (χ1) is 13.0. The van der Waals surface area contributed by atoms with Gasteiger partial charge in [-0.05, 0) is 55.5 Å². The highest BCUT2D eigenvalue weighted by molar-refractivity contribution is 6.33. The number of anilines is 3. The molecule has 0 aliphatic carbocycles. The molecular formula is C19H16Cl2N4O2. The maximum atomic E-state index is 12.6. The standard InChI is InChI=1S/C19H16Cl2N4O2/c1-11-22-17(21)16(18(23-11)24-14-7-5-13(20)6-8-14)25-19(26)12-3-9-15(27-2)10-4-12/h3-10H,1-2H3,(H,25,26)(H,22,23,24). The summed E-state index contributed by atoms with van der Waals surface area (Å²) in [5.74, 6) is 1.18. The van der Waals surface area contributed by atoms with Crippen molar-refractivity contribution in [2.75, 3.05) is 17.7 Å². The van der Waals surface area contributed by atoms with Crippen LogP contribution >= 0.6 is 23.2 Å². The molecule has 0 saturated carbocycles. The molecule has 0 atom stereocenters. The summed E-state index contributed by atoms with van der Waals surface area (Å²) in [6, 6.07) is 13.8. The van der Waals surface area contributed by atoms with E-state index in [4.69, 9.17) is 27.9 Å². The molecule has 2 N–H and O–H groups in total. The topological polar surface area (TPSA) is 76.1 Å². The first kappa shape index (κ1) is 18.9. The minimum atomic E-state index is -0.342. The molecule has 0 bridgehead atoms. The van der Waals surface area contributed by atoms with Crippen LogP contribution in [0.4, 0.5) is 17.2 Å². The van der Waals surface area contributed by atoms with Crippen LogP contribution < -0.4 is 15.4 Å². The molecule has 1 aromatic heterocycles. The lowest BCUT2D eigenvalue weighted by atomic mass is 10.2. The summed E-state index contributed by atoms with van der Waals surface area (Å²) in [5, 5.41) is 6.65. The molecule has 0 saturated heterocycles. The van der Waals surface area contributed by atoms with Gasteiger partial charge in [-0.15, -0.1) is 0 Å². The van der Waals surface area contributed by atoms with Crippen LogP contribution in [0, 0.1) is 6.92 Å². The molecule has 0 unspecified atom stereocenters. The average Bonchev–Trinajstić information content (AvgIpc) is 2.66. The van der Waals surface area contributed by atoms with Crippen molar-refractivity contribution < 1.29 is 9.53 Å². The molecule has 6 nitrogen and oxygen atoms in total. The Morgan fingerprint density at radius 3 is 2.30 bits per heavy atom. The van der Waals surface area contributed by atoms with Crippen LogP contribution in [0.2, 0.25) is 10.2 Å². The second-order valence-corrected chi connectivity index (χ2v) is 6.39. The van der Waals surface area contributed by atoms with E-state index in [0.717, 1.165) is 5.69 Å². The van der Waals surface area contributed by atoms with Crippen molar-refractivity contribution in [2.24, 2.45) is 0 Å². The number of carbonyl (C=O) groups is 1. The van der Waals surface area contributed by atoms with Crippen molar-refractivity contribution >= 4 is 46.3 Å². The number of carbonyl (C=O) groups excluding carboxylic acids is 1. The van der Waals surface area contributed by atoms with E-state index in [-0.39, 0.29) is 16.7 Å². The minimum absolute atomic E-state index is 0.140. The van der Waals surface area contributed by atoms with Gasteiger partial charge in [-0.2, -0.15) is 0 Å². The van der Waals surface area contributed by atoms with Crippen molar-refractivity contribution in [2.45, 2.75) is 6.92 Å². The van der Waals surface area contributed by atoms with Crippen molar-refractivity contribution in [1.82, 2.24) is 9.97 Å². The number of ether oxygens (including phenoxy) is 1. The van der Waals surface area contributed by atoms with Crippen LogP contribution in [0.25, 0.3) is 0 Å². The van der Waals surface area contributed by atoms with Gasteiger partial charge in [0.05, 0.1) is 7.11 Å². The normalized spacial score (nSPS) is 10.4. The van der Waals surface area contributed by atoms with Crippen LogP contribution in [0.15, 0.2) is 48.5 Å². The molecule has 3 rings (SSSR count). The first-order valence-corrected chi connectivity index (χ1v) is 8.74. The van der Waals surface area contributed by atoms with Gasteiger partial charge in [-0.1, -0.05) is 23.2 Å². The van der Waals surface area contributed by atoms with Gasteiger partial charge in [0.15, 0.2) is 11.0 Å². The number of methoxy groups -OCH3 is 1. The number of aromatic nitrogens is 2. The Bertz CT molecular complexity index is 961. The van der Waals surface area contributed by atoms with E-state index in [1.807, 2.05) is 0 Å². The predicted molar refractivity (Wildman–Crippen MR) is 107 cm³/mol. The highest BCUT2D eigenvalue weighted by Gasteiger charge is 2.16. The molecule has 2 aromatic carbocycles. The van der Waals surface area contributed by atoms with E-state index >= 15 is 0 Å². The lowest BCUT2D eigenvalue weighted by Crippen LogP contribution is -2.15. The Labute approximate surface area is 166 Å². The molecule has 8 heteroatoms. The molecule has 0 fully saturated rings. The molecule has 0 aliphatic rings. The number of benzene rings is 2. The lowest BCUT2D eigenvalue weighted by molar-refractivity contribution is 0.102. The maximum absolute atomic E-state index is 12.6. The summed E-state index contributed by atoms with van der Waals surface area (Å²) in [6.07, 6.45) is 0. The summed E-state index contributed by atoms with van der Waals surface area (Å²) in [7, 11) is 1.56. The Kier molecular flexibility index (Phi) is 5.78. The summed E-state index contributed by atoms with van der Waals surface area (Å²) >= 11 is 12.2. The van der Waals surface area contributed by atoms with Gasteiger partial charge in [0.2, 0.25) is 0 Å². The third-order valence-electron chi connectivity index (χ3n) is 3.67. The van der Waals surface area contributed by atoms with Crippen molar-refractivity contribution in [3.8, 4) is 5.75 Å². The van der Waals surface area contributed by atoms with Crippen LogP contribution in [0.1, 0.15) is 16.2 Å². The number of halogens is 2. The van der Waals surface area contributed by atoms with Crippen LogP contribution in [-0.2, 0) is 0 Å². The van der Waals surface area contributed by atoms with E-state index in [9.17, 15) is 4.79 Å². The number of amides is 1. The fourth-order valence-corrected chi connectivity index (χ4v) is 2.72. The smallest absolute Gasteiger partial charge is 0.255 e. The molecule has 138 valence electrons. The lowest BCUT2D eigenvalue weighted by Gasteiger charge is -2.14. The molecular weight excluding hydrogens is 387 g/mol. The number of rotatable bonds is 5. The van der Waals surface area contributed by atoms with Crippen LogP contribution in [-0.4, -0.2) is 23.0 Å². The summed E-state index contributed by atoms with van der Waals surface area (Å²) in [6.45, 7) is 1.72. The quantitative estimate of drug-likeness (QED) is 0.580. The fourth-order valence-electron chi connectivity index (χ4n) is 2.34. The van der Waals surface area contributed by atoms with Gasteiger partial charge in [0, 0.05) is 16.3 Å².